The van der Waals surface area contributed by atoms with E-state index in [9.17, 15) is 13.9 Å². The van der Waals surface area contributed by atoms with E-state index in [1.807, 2.05) is 13.8 Å². The molecule has 1 aromatic heterocycles. The highest BCUT2D eigenvalue weighted by atomic mass is 19.1. The molecule has 1 aromatic carbocycles. The molecule has 2 nitrogen and oxygen atoms in total. The molecule has 0 radical (unpaired) electrons. The molecule has 0 fully saturated rings. The van der Waals surface area contributed by atoms with Crippen molar-refractivity contribution in [2.24, 2.45) is 0 Å². The monoisotopic (exact) mass is 247 g/mol. The van der Waals surface area contributed by atoms with Gasteiger partial charge in [0, 0.05) is 10.8 Å². The minimum Gasteiger partial charge on any atom is -0.508 e. The van der Waals surface area contributed by atoms with Gasteiger partial charge in [0.05, 0.1) is 5.56 Å². The van der Waals surface area contributed by atoms with Crippen molar-refractivity contribution < 1.29 is 13.9 Å². The zero-order chi connectivity index (χ0) is 13.4. The van der Waals surface area contributed by atoms with Gasteiger partial charge < -0.3 is 5.11 Å². The highest BCUT2D eigenvalue weighted by molar-refractivity contribution is 5.92. The van der Waals surface area contributed by atoms with Gasteiger partial charge in [0.25, 0.3) is 0 Å². The topological polar surface area (TPSA) is 33.1 Å². The Bertz CT molecular complexity index is 672. The second-order valence-corrected chi connectivity index (χ2v) is 4.33. The minimum absolute atomic E-state index is 0.0344. The lowest BCUT2D eigenvalue weighted by Crippen LogP contribution is -2.00. The Balaban J connectivity index is 3.06. The number of halogens is 2. The maximum Gasteiger partial charge on any atom is 0.231 e. The molecule has 4 heteroatoms. The van der Waals surface area contributed by atoms with Crippen LogP contribution in [0.25, 0.3) is 10.8 Å². The van der Waals surface area contributed by atoms with Gasteiger partial charge >= 0.3 is 0 Å². The maximum atomic E-state index is 13.7. The summed E-state index contributed by atoms with van der Waals surface area (Å²) in [6, 6.07) is 2.66. The van der Waals surface area contributed by atoms with Crippen LogP contribution in [0.2, 0.25) is 0 Å². The molecule has 0 unspecified atom stereocenters. The zero-order valence-electron chi connectivity index (χ0n) is 9.96. The number of aromatic nitrogens is 1. The summed E-state index contributed by atoms with van der Waals surface area (Å²) in [6.45, 7) is 3.70. The van der Waals surface area contributed by atoms with E-state index < -0.39 is 11.9 Å². The molecule has 0 aliphatic carbocycles. The number of phenols is 1. The van der Waals surface area contributed by atoms with Gasteiger partial charge in [-0.25, -0.2) is 0 Å². The van der Waals surface area contributed by atoms with E-state index in [0.29, 0.717) is 10.9 Å². The van der Waals surface area contributed by atoms with E-state index in [1.165, 1.54) is 12.1 Å². The summed E-state index contributed by atoms with van der Waals surface area (Å²) in [5.74, 6) is 0.0868. The molecule has 1 N–H and O–H groups in total. The predicted molar refractivity (Wildman–Crippen MR) is 65.3 cm³/mol. The summed E-state index contributed by atoms with van der Waals surface area (Å²) < 4.78 is 27.2. The van der Waals surface area contributed by atoms with Gasteiger partial charge in [0.15, 0.2) is 0 Å². The molecule has 1 heterocycles. The van der Waals surface area contributed by atoms with Gasteiger partial charge in [-0.05, 0) is 23.6 Å². The quantitative estimate of drug-likeness (QED) is 0.619. The molecule has 0 aliphatic heterocycles. The van der Waals surface area contributed by atoms with Crippen LogP contribution >= 0.6 is 0 Å². The number of terminal acetylenes is 1. The van der Waals surface area contributed by atoms with Crippen LogP contribution in [0.15, 0.2) is 12.1 Å². The molecular formula is C14H11F2NO. The number of hydrogen-bond donors (Lipinski definition) is 1. The third kappa shape index (κ3) is 1.78. The lowest BCUT2D eigenvalue weighted by atomic mass is 9.93. The number of fused-ring (bicyclic) bond motifs is 1. The summed E-state index contributed by atoms with van der Waals surface area (Å²) in [5.41, 5.74) is 0.522. The Morgan fingerprint density at radius 2 is 1.94 bits per heavy atom. The summed E-state index contributed by atoms with van der Waals surface area (Å²) >= 11 is 0. The summed E-state index contributed by atoms with van der Waals surface area (Å²) in [5, 5.41) is 9.91. The summed E-state index contributed by atoms with van der Waals surface area (Å²) in [6.07, 6.45) is 5.26. The highest BCUT2D eigenvalue weighted by Gasteiger charge is 2.18. The van der Waals surface area contributed by atoms with Crippen molar-refractivity contribution in [2.45, 2.75) is 19.8 Å². The lowest BCUT2D eigenvalue weighted by molar-refractivity contribution is 0.473. The van der Waals surface area contributed by atoms with Gasteiger partial charge in [-0.3, -0.25) is 0 Å². The Labute approximate surface area is 103 Å². The first-order valence-electron chi connectivity index (χ1n) is 5.44. The Morgan fingerprint density at radius 1 is 1.28 bits per heavy atom. The molecular weight excluding hydrogens is 236 g/mol. The van der Waals surface area contributed by atoms with Gasteiger partial charge in [-0.15, -0.1) is 6.42 Å². The van der Waals surface area contributed by atoms with Gasteiger partial charge in [-0.1, -0.05) is 19.8 Å². The Morgan fingerprint density at radius 3 is 2.50 bits per heavy atom. The fourth-order valence-corrected chi connectivity index (χ4v) is 1.98. The number of pyridine rings is 1. The van der Waals surface area contributed by atoms with Crippen LogP contribution in [0.1, 0.15) is 30.9 Å². The fourth-order valence-electron chi connectivity index (χ4n) is 1.98. The molecule has 2 aromatic rings. The molecule has 18 heavy (non-hydrogen) atoms. The first-order chi connectivity index (χ1) is 8.45. The standard InChI is InChI=1S/C14H11F2NO/c1-4-9-12-10(7(2)3)5-8(18)6-11(12)14(16)17-13(9)15/h1,5-7,18H,2-3H3. The van der Waals surface area contributed by atoms with Crippen LogP contribution in [0.5, 0.6) is 5.75 Å². The van der Waals surface area contributed by atoms with Crippen LogP contribution in [0.3, 0.4) is 0 Å². The smallest absolute Gasteiger partial charge is 0.231 e. The number of hydrogen-bond acceptors (Lipinski definition) is 2. The third-order valence-electron chi connectivity index (χ3n) is 2.79. The van der Waals surface area contributed by atoms with Crippen molar-refractivity contribution in [1.82, 2.24) is 4.98 Å². The lowest BCUT2D eigenvalue weighted by Gasteiger charge is -2.13. The van der Waals surface area contributed by atoms with E-state index in [2.05, 4.69) is 10.9 Å². The average Bonchev–Trinajstić information content (AvgIpc) is 2.29. The van der Waals surface area contributed by atoms with Crippen molar-refractivity contribution in [1.29, 1.82) is 0 Å². The van der Waals surface area contributed by atoms with Crippen LogP contribution in [0, 0.1) is 24.2 Å². The molecule has 0 spiro atoms. The summed E-state index contributed by atoms with van der Waals surface area (Å²) in [4.78, 5) is 3.13. The number of benzene rings is 1. The number of nitrogens with zero attached hydrogens (tertiary/aromatic N) is 1. The van der Waals surface area contributed by atoms with Gasteiger partial charge in [0.1, 0.15) is 5.75 Å². The van der Waals surface area contributed by atoms with Crippen molar-refractivity contribution in [3.63, 3.8) is 0 Å². The average molecular weight is 247 g/mol. The molecule has 0 saturated carbocycles. The number of aromatic hydroxyl groups is 1. The van der Waals surface area contributed by atoms with Crippen LogP contribution in [0.4, 0.5) is 8.78 Å². The van der Waals surface area contributed by atoms with E-state index in [4.69, 9.17) is 6.42 Å². The van der Waals surface area contributed by atoms with E-state index in [-0.39, 0.29) is 22.6 Å². The first kappa shape index (κ1) is 12.3. The van der Waals surface area contributed by atoms with Gasteiger partial charge in [-0.2, -0.15) is 13.8 Å². The van der Waals surface area contributed by atoms with Crippen molar-refractivity contribution in [3.8, 4) is 18.1 Å². The first-order valence-corrected chi connectivity index (χ1v) is 5.44. The van der Waals surface area contributed by atoms with E-state index in [1.54, 1.807) is 0 Å². The van der Waals surface area contributed by atoms with Crippen LogP contribution < -0.4 is 0 Å². The molecule has 2 rings (SSSR count). The Hall–Kier alpha value is -2.15. The normalized spacial score (nSPS) is 10.9. The minimum atomic E-state index is -1.00. The Kier molecular flexibility index (Phi) is 2.92. The largest absolute Gasteiger partial charge is 0.508 e. The molecule has 0 saturated heterocycles. The van der Waals surface area contributed by atoms with Crippen molar-refractivity contribution in [2.75, 3.05) is 0 Å². The molecule has 0 bridgehead atoms. The highest BCUT2D eigenvalue weighted by Crippen LogP contribution is 2.33. The predicted octanol–water partition coefficient (Wildman–Crippen LogP) is 3.32. The SMILES string of the molecule is C#Cc1c(F)nc(F)c2cc(O)cc(C(C)C)c12. The molecule has 0 amide bonds. The second kappa shape index (κ2) is 4.26. The van der Waals surface area contributed by atoms with Crippen LogP contribution in [-0.4, -0.2) is 10.1 Å². The maximum absolute atomic E-state index is 13.7. The fraction of sp³-hybridized carbons (Fsp3) is 0.214. The van der Waals surface area contributed by atoms with Crippen molar-refractivity contribution >= 4 is 10.8 Å². The second-order valence-electron chi connectivity index (χ2n) is 4.33. The van der Waals surface area contributed by atoms with Crippen LogP contribution in [-0.2, 0) is 0 Å². The summed E-state index contributed by atoms with van der Waals surface area (Å²) in [7, 11) is 0. The molecule has 0 aliphatic rings. The molecule has 0 atom stereocenters. The third-order valence-corrected chi connectivity index (χ3v) is 2.79. The molecule has 92 valence electrons. The number of phenolic OH excluding ortho intramolecular Hbond substituents is 1. The number of rotatable bonds is 1. The van der Waals surface area contributed by atoms with Gasteiger partial charge in [0.2, 0.25) is 11.9 Å². The van der Waals surface area contributed by atoms with E-state index in [0.717, 1.165) is 0 Å². The van der Waals surface area contributed by atoms with Crippen molar-refractivity contribution in [3.05, 3.63) is 35.2 Å². The zero-order valence-corrected chi connectivity index (χ0v) is 9.96. The van der Waals surface area contributed by atoms with E-state index >= 15 is 0 Å².